The Hall–Kier alpha value is -3.13. The lowest BCUT2D eigenvalue weighted by atomic mass is 10.2. The highest BCUT2D eigenvalue weighted by Crippen LogP contribution is 2.25. The van der Waals surface area contributed by atoms with Gasteiger partial charge >= 0.3 is 11.9 Å². The number of fused-ring (bicyclic) bond motifs is 1. The molecular weight excluding hydrogens is 416 g/mol. The maximum absolute atomic E-state index is 12.1. The number of hydrazone groups is 1. The van der Waals surface area contributed by atoms with E-state index in [4.69, 9.17) is 9.15 Å². The molecule has 3 rings (SSSR count). The van der Waals surface area contributed by atoms with Crippen LogP contribution in [0.3, 0.4) is 0 Å². The van der Waals surface area contributed by atoms with E-state index in [1.807, 2.05) is 18.2 Å². The number of halogens is 1. The highest BCUT2D eigenvalue weighted by Gasteiger charge is 2.11. The van der Waals surface area contributed by atoms with Crippen molar-refractivity contribution in [3.63, 3.8) is 0 Å². The fourth-order valence-electron chi connectivity index (χ4n) is 2.22. The first-order chi connectivity index (χ1) is 13.1. The topological polar surface area (TPSA) is 90.1 Å². The molecule has 0 fully saturated rings. The van der Waals surface area contributed by atoms with Gasteiger partial charge in [-0.15, -0.1) is 0 Å². The van der Waals surface area contributed by atoms with Gasteiger partial charge < -0.3 is 13.9 Å². The van der Waals surface area contributed by atoms with Crippen LogP contribution in [0.5, 0.6) is 5.75 Å². The van der Waals surface area contributed by atoms with Gasteiger partial charge in [-0.25, -0.2) is 10.2 Å². The zero-order valence-electron chi connectivity index (χ0n) is 14.3. The van der Waals surface area contributed by atoms with Crippen LogP contribution in [0.25, 0.3) is 11.0 Å². The summed E-state index contributed by atoms with van der Waals surface area (Å²) in [5.74, 6) is -0.245. The number of nitrogens with zero attached hydrogens (tertiary/aromatic N) is 1. The Labute approximate surface area is 163 Å². The maximum Gasteiger partial charge on any atom is 0.343 e. The summed E-state index contributed by atoms with van der Waals surface area (Å²) in [6.45, 7) is -0.184. The van der Waals surface area contributed by atoms with Crippen LogP contribution in [0.4, 0.5) is 0 Å². The summed E-state index contributed by atoms with van der Waals surface area (Å²) in [5, 5.41) is 4.77. The second kappa shape index (κ2) is 8.50. The van der Waals surface area contributed by atoms with Gasteiger partial charge in [-0.2, -0.15) is 5.10 Å². The van der Waals surface area contributed by atoms with Crippen molar-refractivity contribution in [1.82, 2.24) is 5.43 Å². The number of carbonyl (C=O) groups excluding carboxylic acids is 2. The molecule has 0 aliphatic rings. The number of hydrogen-bond acceptors (Lipinski definition) is 6. The first kappa shape index (κ1) is 18.7. The Morgan fingerprint density at radius 1 is 1.22 bits per heavy atom. The number of para-hydroxylation sites is 1. The van der Waals surface area contributed by atoms with Crippen LogP contribution in [0.15, 0.2) is 62.5 Å². The molecular formula is C19H15BrN2O5. The molecule has 2 aromatic carbocycles. The van der Waals surface area contributed by atoms with E-state index in [0.29, 0.717) is 15.8 Å². The first-order valence-corrected chi connectivity index (χ1v) is 8.67. The third-order valence-electron chi connectivity index (χ3n) is 3.56. The van der Waals surface area contributed by atoms with Crippen molar-refractivity contribution in [2.45, 2.75) is 0 Å². The number of methoxy groups -OCH3 is 1. The molecule has 0 saturated carbocycles. The lowest BCUT2D eigenvalue weighted by Crippen LogP contribution is -2.16. The van der Waals surface area contributed by atoms with Gasteiger partial charge in [0.2, 0.25) is 0 Å². The molecule has 8 heteroatoms. The van der Waals surface area contributed by atoms with Crippen LogP contribution in [-0.2, 0) is 9.53 Å². The van der Waals surface area contributed by atoms with Crippen molar-refractivity contribution in [3.8, 4) is 5.75 Å². The summed E-state index contributed by atoms with van der Waals surface area (Å²) >= 11 is 3.36. The highest BCUT2D eigenvalue weighted by molar-refractivity contribution is 9.10. The summed E-state index contributed by atoms with van der Waals surface area (Å²) in [6.07, 6.45) is 1.48. The van der Waals surface area contributed by atoms with E-state index in [9.17, 15) is 9.59 Å². The fraction of sp³-hybridized carbons (Fsp3) is 0.105. The Morgan fingerprint density at radius 2 is 2.04 bits per heavy atom. The molecule has 3 aromatic rings. The molecule has 1 amide bonds. The van der Waals surface area contributed by atoms with Crippen molar-refractivity contribution in [2.24, 2.45) is 5.10 Å². The van der Waals surface area contributed by atoms with Gasteiger partial charge in [0.15, 0.2) is 12.4 Å². The van der Waals surface area contributed by atoms with Crippen LogP contribution >= 0.6 is 15.9 Å². The average molecular weight is 431 g/mol. The van der Waals surface area contributed by atoms with Crippen LogP contribution in [0, 0.1) is 0 Å². The summed E-state index contributed by atoms with van der Waals surface area (Å²) in [4.78, 5) is 23.2. The minimum Gasteiger partial charge on any atom is -0.481 e. The molecule has 1 N–H and O–H groups in total. The SMILES string of the molecule is COC(=O)COc1ccc(/C=N/NC(=O)c2cc3ccccc3o2)cc1Br. The van der Waals surface area contributed by atoms with Crippen LogP contribution in [0.2, 0.25) is 0 Å². The van der Waals surface area contributed by atoms with Crippen molar-refractivity contribution in [1.29, 1.82) is 0 Å². The number of rotatable bonds is 6. The molecule has 0 radical (unpaired) electrons. The maximum atomic E-state index is 12.1. The number of ether oxygens (including phenoxy) is 2. The molecule has 7 nitrogen and oxygen atoms in total. The Kier molecular flexibility index (Phi) is 5.87. The fourth-order valence-corrected chi connectivity index (χ4v) is 2.74. The zero-order chi connectivity index (χ0) is 19.2. The van der Waals surface area contributed by atoms with E-state index in [2.05, 4.69) is 31.2 Å². The number of furan rings is 1. The lowest BCUT2D eigenvalue weighted by molar-refractivity contribution is -0.142. The summed E-state index contributed by atoms with van der Waals surface area (Å²) in [6, 6.07) is 14.2. The predicted octanol–water partition coefficient (Wildman–Crippen LogP) is 3.51. The molecule has 1 heterocycles. The second-order valence-corrected chi connectivity index (χ2v) is 6.26. The molecule has 0 unspecified atom stereocenters. The number of carbonyl (C=O) groups is 2. The lowest BCUT2D eigenvalue weighted by Gasteiger charge is -2.07. The summed E-state index contributed by atoms with van der Waals surface area (Å²) < 4.78 is 16.0. The van der Waals surface area contributed by atoms with Gasteiger partial charge in [-0.1, -0.05) is 18.2 Å². The monoisotopic (exact) mass is 430 g/mol. The van der Waals surface area contributed by atoms with E-state index in [-0.39, 0.29) is 12.4 Å². The Balaban J connectivity index is 1.61. The molecule has 27 heavy (non-hydrogen) atoms. The summed E-state index contributed by atoms with van der Waals surface area (Å²) in [5.41, 5.74) is 3.78. The quantitative estimate of drug-likeness (QED) is 0.367. The third-order valence-corrected chi connectivity index (χ3v) is 4.18. The van der Waals surface area contributed by atoms with Gasteiger partial charge in [-0.3, -0.25) is 4.79 Å². The number of benzene rings is 2. The average Bonchev–Trinajstić information content (AvgIpc) is 3.11. The Morgan fingerprint density at radius 3 is 2.78 bits per heavy atom. The van der Waals surface area contributed by atoms with Gasteiger partial charge in [-0.05, 0) is 51.8 Å². The smallest absolute Gasteiger partial charge is 0.343 e. The standard InChI is InChI=1S/C19H15BrN2O5/c1-25-18(23)11-26-16-7-6-12(8-14(16)20)10-21-22-19(24)17-9-13-4-2-3-5-15(13)27-17/h2-10H,11H2,1H3,(H,22,24)/b21-10+. The molecule has 0 atom stereocenters. The van der Waals surface area contributed by atoms with Gasteiger partial charge in [0.1, 0.15) is 11.3 Å². The largest absolute Gasteiger partial charge is 0.481 e. The molecule has 0 aliphatic heterocycles. The number of nitrogens with one attached hydrogen (secondary N) is 1. The molecule has 0 bridgehead atoms. The van der Waals surface area contributed by atoms with Gasteiger partial charge in [0.25, 0.3) is 0 Å². The first-order valence-electron chi connectivity index (χ1n) is 7.88. The van der Waals surface area contributed by atoms with Crippen molar-refractivity contribution >= 4 is 45.0 Å². The number of hydrogen-bond donors (Lipinski definition) is 1. The van der Waals surface area contributed by atoms with Crippen LogP contribution in [-0.4, -0.2) is 31.8 Å². The predicted molar refractivity (Wildman–Crippen MR) is 103 cm³/mol. The van der Waals surface area contributed by atoms with Crippen LogP contribution < -0.4 is 10.2 Å². The van der Waals surface area contributed by atoms with E-state index in [0.717, 1.165) is 10.9 Å². The summed E-state index contributed by atoms with van der Waals surface area (Å²) in [7, 11) is 1.29. The Bertz CT molecular complexity index is 979. The van der Waals surface area contributed by atoms with E-state index >= 15 is 0 Å². The molecule has 138 valence electrons. The highest BCUT2D eigenvalue weighted by atomic mass is 79.9. The van der Waals surface area contributed by atoms with Crippen molar-refractivity contribution < 1.29 is 23.5 Å². The molecule has 1 aromatic heterocycles. The van der Waals surface area contributed by atoms with Crippen LogP contribution in [0.1, 0.15) is 16.1 Å². The van der Waals surface area contributed by atoms with Gasteiger partial charge in [0.05, 0.1) is 17.8 Å². The van der Waals surface area contributed by atoms with E-state index in [1.54, 1.807) is 30.3 Å². The van der Waals surface area contributed by atoms with E-state index < -0.39 is 11.9 Å². The van der Waals surface area contributed by atoms with Crippen molar-refractivity contribution in [3.05, 3.63) is 64.3 Å². The van der Waals surface area contributed by atoms with Gasteiger partial charge in [0, 0.05) is 5.39 Å². The zero-order valence-corrected chi connectivity index (χ0v) is 15.9. The molecule has 0 saturated heterocycles. The third kappa shape index (κ3) is 4.73. The minimum absolute atomic E-state index is 0.182. The van der Waals surface area contributed by atoms with Crippen molar-refractivity contribution in [2.75, 3.05) is 13.7 Å². The second-order valence-electron chi connectivity index (χ2n) is 5.40. The minimum atomic E-state index is -0.471. The van der Waals surface area contributed by atoms with E-state index in [1.165, 1.54) is 13.3 Å². The number of amides is 1. The molecule has 0 aliphatic carbocycles. The number of esters is 1. The normalized spacial score (nSPS) is 10.9. The molecule has 0 spiro atoms.